The van der Waals surface area contributed by atoms with Gasteiger partial charge < -0.3 is 9.15 Å². The fraction of sp³-hybridized carbons (Fsp3) is 0.368. The average molecular weight is 282 g/mol. The van der Waals surface area contributed by atoms with E-state index in [1.54, 1.807) is 7.11 Å². The highest BCUT2D eigenvalue weighted by Crippen LogP contribution is 2.38. The second-order valence-corrected chi connectivity index (χ2v) is 5.54. The molecule has 0 atom stereocenters. The van der Waals surface area contributed by atoms with Crippen LogP contribution in [-0.2, 0) is 6.42 Å². The van der Waals surface area contributed by atoms with Crippen LogP contribution in [-0.4, -0.2) is 7.11 Å². The van der Waals surface area contributed by atoms with Gasteiger partial charge in [0.1, 0.15) is 16.9 Å². The van der Waals surface area contributed by atoms with Gasteiger partial charge in [0.15, 0.2) is 0 Å². The fourth-order valence-electron chi connectivity index (χ4n) is 3.00. The predicted octanol–water partition coefficient (Wildman–Crippen LogP) is 5.72. The number of furan rings is 1. The first-order chi connectivity index (χ1) is 10.3. The third kappa shape index (κ3) is 2.63. The summed E-state index contributed by atoms with van der Waals surface area (Å²) in [5.74, 6) is 0.981. The third-order valence-electron chi connectivity index (χ3n) is 4.08. The second-order valence-electron chi connectivity index (χ2n) is 5.54. The number of aryl methyl sites for hydroxylation is 1. The summed E-state index contributed by atoms with van der Waals surface area (Å²) >= 11 is 0. The first kappa shape index (κ1) is 14.0. The Bertz CT molecular complexity index is 740. The Morgan fingerprint density at radius 2 is 1.81 bits per heavy atom. The lowest BCUT2D eigenvalue weighted by atomic mass is 10.0. The monoisotopic (exact) mass is 282 g/mol. The lowest BCUT2D eigenvalue weighted by Gasteiger charge is -2.09. The molecule has 2 nitrogen and oxygen atoms in total. The topological polar surface area (TPSA) is 22.4 Å². The Labute approximate surface area is 125 Å². The number of hydrogen-bond donors (Lipinski definition) is 0. The summed E-state index contributed by atoms with van der Waals surface area (Å²) in [7, 11) is 1.76. The quantitative estimate of drug-likeness (QED) is 0.540. The molecule has 0 aliphatic rings. The smallest absolute Gasteiger partial charge is 0.139 e. The van der Waals surface area contributed by atoms with E-state index in [9.17, 15) is 0 Å². The van der Waals surface area contributed by atoms with Gasteiger partial charge in [-0.15, -0.1) is 0 Å². The van der Waals surface area contributed by atoms with Crippen LogP contribution in [0.2, 0.25) is 0 Å². The molecule has 0 spiro atoms. The number of para-hydroxylation sites is 1. The standard InChI is InChI=1S/C19H22O2/c1-3-4-5-6-9-14-12-13-17-18(19(14)20-2)15-10-7-8-11-16(15)21-17/h7-8,10-13H,3-6,9H2,1-2H3. The minimum absolute atomic E-state index is 0.908. The Balaban J connectivity index is 2.03. The molecule has 0 unspecified atom stereocenters. The molecule has 21 heavy (non-hydrogen) atoms. The Morgan fingerprint density at radius 1 is 0.952 bits per heavy atom. The van der Waals surface area contributed by atoms with E-state index in [0.717, 1.165) is 34.1 Å². The molecule has 0 radical (unpaired) electrons. The zero-order valence-electron chi connectivity index (χ0n) is 12.8. The van der Waals surface area contributed by atoms with Crippen molar-refractivity contribution >= 4 is 21.9 Å². The molecule has 0 saturated heterocycles. The number of methoxy groups -OCH3 is 1. The molecule has 0 amide bonds. The lowest BCUT2D eigenvalue weighted by Crippen LogP contribution is -1.93. The summed E-state index contributed by atoms with van der Waals surface area (Å²) in [5, 5.41) is 2.25. The van der Waals surface area contributed by atoms with Crippen molar-refractivity contribution in [3.8, 4) is 5.75 Å². The van der Waals surface area contributed by atoms with Gasteiger partial charge >= 0.3 is 0 Å². The van der Waals surface area contributed by atoms with E-state index in [0.29, 0.717) is 0 Å². The SMILES string of the molecule is CCCCCCc1ccc2oc3ccccc3c2c1OC. The van der Waals surface area contributed by atoms with Crippen LogP contribution in [0.1, 0.15) is 38.2 Å². The molecule has 0 bridgehead atoms. The van der Waals surface area contributed by atoms with Crippen LogP contribution in [0.4, 0.5) is 0 Å². The van der Waals surface area contributed by atoms with Gasteiger partial charge in [-0.3, -0.25) is 0 Å². The van der Waals surface area contributed by atoms with Gasteiger partial charge in [-0.2, -0.15) is 0 Å². The average Bonchev–Trinajstić information content (AvgIpc) is 2.90. The van der Waals surface area contributed by atoms with E-state index < -0.39 is 0 Å². The van der Waals surface area contributed by atoms with Crippen molar-refractivity contribution in [2.45, 2.75) is 39.0 Å². The maximum Gasteiger partial charge on any atom is 0.139 e. The molecule has 1 aromatic heterocycles. The molecule has 2 aromatic carbocycles. The molecular formula is C19H22O2. The van der Waals surface area contributed by atoms with Crippen LogP contribution in [0.25, 0.3) is 21.9 Å². The summed E-state index contributed by atoms with van der Waals surface area (Å²) in [6.07, 6.45) is 6.13. The van der Waals surface area contributed by atoms with Crippen LogP contribution in [0.3, 0.4) is 0 Å². The number of hydrogen-bond acceptors (Lipinski definition) is 2. The van der Waals surface area contributed by atoms with Crippen LogP contribution >= 0.6 is 0 Å². The first-order valence-electron chi connectivity index (χ1n) is 7.82. The number of rotatable bonds is 6. The Kier molecular flexibility index (Phi) is 4.14. The van der Waals surface area contributed by atoms with Crippen molar-refractivity contribution in [2.75, 3.05) is 7.11 Å². The Morgan fingerprint density at radius 3 is 2.62 bits per heavy atom. The zero-order valence-corrected chi connectivity index (χ0v) is 12.8. The molecule has 0 aliphatic heterocycles. The van der Waals surface area contributed by atoms with Gasteiger partial charge in [-0.25, -0.2) is 0 Å². The van der Waals surface area contributed by atoms with Crippen LogP contribution in [0.15, 0.2) is 40.8 Å². The van der Waals surface area contributed by atoms with E-state index in [4.69, 9.17) is 9.15 Å². The van der Waals surface area contributed by atoms with E-state index in [2.05, 4.69) is 25.1 Å². The minimum atomic E-state index is 0.908. The number of ether oxygens (including phenoxy) is 1. The summed E-state index contributed by atoms with van der Waals surface area (Å²) in [6, 6.07) is 12.4. The predicted molar refractivity (Wildman–Crippen MR) is 88.1 cm³/mol. The largest absolute Gasteiger partial charge is 0.496 e. The molecule has 3 rings (SSSR count). The number of benzene rings is 2. The molecule has 1 heterocycles. The van der Waals surface area contributed by atoms with Gasteiger partial charge in [0, 0.05) is 5.39 Å². The molecule has 2 heteroatoms. The van der Waals surface area contributed by atoms with Crippen molar-refractivity contribution in [1.82, 2.24) is 0 Å². The van der Waals surface area contributed by atoms with Gasteiger partial charge in [0.25, 0.3) is 0 Å². The highest BCUT2D eigenvalue weighted by molar-refractivity contribution is 6.08. The lowest BCUT2D eigenvalue weighted by molar-refractivity contribution is 0.414. The molecular weight excluding hydrogens is 260 g/mol. The maximum atomic E-state index is 5.91. The maximum absolute atomic E-state index is 5.91. The normalized spacial score (nSPS) is 11.3. The first-order valence-corrected chi connectivity index (χ1v) is 7.82. The summed E-state index contributed by atoms with van der Waals surface area (Å²) in [6.45, 7) is 2.24. The van der Waals surface area contributed by atoms with Crippen molar-refractivity contribution < 1.29 is 9.15 Å². The highest BCUT2D eigenvalue weighted by atomic mass is 16.5. The molecule has 0 saturated carbocycles. The van der Waals surface area contributed by atoms with Gasteiger partial charge in [0.05, 0.1) is 12.5 Å². The van der Waals surface area contributed by atoms with Crippen LogP contribution < -0.4 is 4.74 Å². The van der Waals surface area contributed by atoms with Gasteiger partial charge in [0.2, 0.25) is 0 Å². The molecule has 3 aromatic rings. The van der Waals surface area contributed by atoms with Crippen molar-refractivity contribution in [3.05, 3.63) is 42.0 Å². The van der Waals surface area contributed by atoms with E-state index in [-0.39, 0.29) is 0 Å². The summed E-state index contributed by atoms with van der Waals surface area (Å²) < 4.78 is 11.6. The highest BCUT2D eigenvalue weighted by Gasteiger charge is 2.14. The summed E-state index contributed by atoms with van der Waals surface area (Å²) in [4.78, 5) is 0. The molecule has 0 aliphatic carbocycles. The number of fused-ring (bicyclic) bond motifs is 3. The molecule has 0 fully saturated rings. The van der Waals surface area contributed by atoms with Gasteiger partial charge in [-0.1, -0.05) is 50.5 Å². The van der Waals surface area contributed by atoms with E-state index in [1.807, 2.05) is 18.2 Å². The molecule has 0 N–H and O–H groups in total. The van der Waals surface area contributed by atoms with E-state index in [1.165, 1.54) is 31.2 Å². The van der Waals surface area contributed by atoms with Crippen molar-refractivity contribution in [3.63, 3.8) is 0 Å². The zero-order chi connectivity index (χ0) is 14.7. The third-order valence-corrected chi connectivity index (χ3v) is 4.08. The fourth-order valence-corrected chi connectivity index (χ4v) is 3.00. The second kappa shape index (κ2) is 6.21. The van der Waals surface area contributed by atoms with Crippen LogP contribution in [0, 0.1) is 0 Å². The van der Waals surface area contributed by atoms with E-state index >= 15 is 0 Å². The summed E-state index contributed by atoms with van der Waals surface area (Å²) in [5.41, 5.74) is 3.12. The van der Waals surface area contributed by atoms with Crippen LogP contribution in [0.5, 0.6) is 5.75 Å². The van der Waals surface area contributed by atoms with Crippen molar-refractivity contribution in [1.29, 1.82) is 0 Å². The number of unbranched alkanes of at least 4 members (excludes halogenated alkanes) is 3. The minimum Gasteiger partial charge on any atom is -0.496 e. The molecule has 110 valence electrons. The Hall–Kier alpha value is -1.96. The van der Waals surface area contributed by atoms with Crippen molar-refractivity contribution in [2.24, 2.45) is 0 Å². The van der Waals surface area contributed by atoms with Gasteiger partial charge in [-0.05, 0) is 30.5 Å².